The van der Waals surface area contributed by atoms with E-state index < -0.39 is 5.54 Å². The topological polar surface area (TPSA) is 100 Å². The summed E-state index contributed by atoms with van der Waals surface area (Å²) in [5.74, 6) is -0.598. The summed E-state index contributed by atoms with van der Waals surface area (Å²) in [5, 5.41) is 7.74. The average molecular weight is 441 g/mol. The second-order valence-electron chi connectivity index (χ2n) is 8.06. The van der Waals surface area contributed by atoms with E-state index in [2.05, 4.69) is 25.6 Å². The fourth-order valence-corrected chi connectivity index (χ4v) is 3.22. The zero-order valence-corrected chi connectivity index (χ0v) is 18.5. The van der Waals surface area contributed by atoms with Crippen LogP contribution in [0, 0.1) is 0 Å². The van der Waals surface area contributed by atoms with Crippen LogP contribution in [0.4, 0.5) is 5.69 Å². The Morgan fingerprint density at radius 3 is 2.61 bits per heavy atom. The van der Waals surface area contributed by atoms with Gasteiger partial charge in [0.25, 0.3) is 5.91 Å². The fourth-order valence-electron chi connectivity index (χ4n) is 3.06. The number of carbonyl (C=O) groups excluding carboxylic acids is 2. The average Bonchev–Trinajstić information content (AvgIpc) is 2.71. The Morgan fingerprint density at radius 1 is 1.10 bits per heavy atom. The molecule has 2 N–H and O–H groups in total. The van der Waals surface area contributed by atoms with Gasteiger partial charge in [0, 0.05) is 53.3 Å². The molecule has 0 radical (unpaired) electrons. The van der Waals surface area contributed by atoms with E-state index in [0.29, 0.717) is 18.1 Å². The van der Waals surface area contributed by atoms with Crippen LogP contribution in [0.3, 0.4) is 0 Å². The molecule has 1 aromatic carbocycles. The molecule has 0 aliphatic heterocycles. The van der Waals surface area contributed by atoms with Crippen molar-refractivity contribution in [2.45, 2.75) is 26.3 Å². The first-order valence-electron chi connectivity index (χ1n) is 9.87. The molecule has 9 heteroatoms. The van der Waals surface area contributed by atoms with E-state index in [0.717, 1.165) is 16.6 Å². The Balaban J connectivity index is 1.72. The Morgan fingerprint density at radius 2 is 1.90 bits per heavy atom. The van der Waals surface area contributed by atoms with Crippen LogP contribution in [0.1, 0.15) is 31.3 Å². The van der Waals surface area contributed by atoms with Crippen LogP contribution in [-0.4, -0.2) is 56.8 Å². The van der Waals surface area contributed by atoms with Crippen LogP contribution in [0.2, 0.25) is 5.02 Å². The van der Waals surface area contributed by atoms with Crippen molar-refractivity contribution in [1.29, 1.82) is 0 Å². The molecule has 8 nitrogen and oxygen atoms in total. The lowest BCUT2D eigenvalue weighted by atomic mass is 10.1. The third-order valence-corrected chi connectivity index (χ3v) is 4.56. The lowest BCUT2D eigenvalue weighted by Crippen LogP contribution is -2.48. The number of nitrogens with zero attached hydrogens (tertiary/aromatic N) is 4. The standard InChI is InChI=1S/C22H25ClN6O2/c1-22(2,3)28-20(30)14-29(21(31)19-13-24-8-9-26-19)11-10-27-17-6-7-25-18-12-15(23)4-5-16(17)18/h4-9,12-13H,10-11,14H2,1-3H3,(H,25,27)(H,28,30). The van der Waals surface area contributed by atoms with Crippen molar-refractivity contribution in [3.63, 3.8) is 0 Å². The molecular weight excluding hydrogens is 416 g/mol. The molecule has 0 unspecified atom stereocenters. The van der Waals surface area contributed by atoms with E-state index in [1.165, 1.54) is 23.5 Å². The zero-order chi connectivity index (χ0) is 22.4. The molecule has 2 heterocycles. The molecule has 162 valence electrons. The molecule has 0 saturated carbocycles. The largest absolute Gasteiger partial charge is 0.383 e. The second kappa shape index (κ2) is 9.70. The Hall–Kier alpha value is -3.26. The summed E-state index contributed by atoms with van der Waals surface area (Å²) in [7, 11) is 0. The monoisotopic (exact) mass is 440 g/mol. The van der Waals surface area contributed by atoms with Gasteiger partial charge in [-0.05, 0) is 45.0 Å². The molecule has 0 bridgehead atoms. The van der Waals surface area contributed by atoms with Crippen LogP contribution in [0.25, 0.3) is 10.9 Å². The van der Waals surface area contributed by atoms with Crippen molar-refractivity contribution in [1.82, 2.24) is 25.2 Å². The maximum Gasteiger partial charge on any atom is 0.274 e. The van der Waals surface area contributed by atoms with E-state index in [-0.39, 0.29) is 24.1 Å². The number of hydrogen-bond acceptors (Lipinski definition) is 6. The third-order valence-electron chi connectivity index (χ3n) is 4.32. The number of hydrogen-bond donors (Lipinski definition) is 2. The molecule has 2 aromatic heterocycles. The van der Waals surface area contributed by atoms with Crippen molar-refractivity contribution < 1.29 is 9.59 Å². The number of amides is 2. The van der Waals surface area contributed by atoms with Gasteiger partial charge in [0.05, 0.1) is 18.3 Å². The maximum absolute atomic E-state index is 12.9. The molecule has 3 aromatic rings. The third kappa shape index (κ3) is 6.36. The molecule has 0 spiro atoms. The van der Waals surface area contributed by atoms with Gasteiger partial charge >= 0.3 is 0 Å². The van der Waals surface area contributed by atoms with Gasteiger partial charge in [0.15, 0.2) is 0 Å². The van der Waals surface area contributed by atoms with E-state index in [4.69, 9.17) is 11.6 Å². The van der Waals surface area contributed by atoms with Gasteiger partial charge < -0.3 is 15.5 Å². The Labute approximate surface area is 186 Å². The highest BCUT2D eigenvalue weighted by atomic mass is 35.5. The number of rotatable bonds is 7. The van der Waals surface area contributed by atoms with Crippen molar-refractivity contribution in [3.8, 4) is 0 Å². The molecule has 0 aliphatic carbocycles. The highest BCUT2D eigenvalue weighted by Gasteiger charge is 2.22. The first-order chi connectivity index (χ1) is 14.7. The number of nitrogens with one attached hydrogen (secondary N) is 2. The first-order valence-corrected chi connectivity index (χ1v) is 10.3. The number of benzene rings is 1. The quantitative estimate of drug-likeness (QED) is 0.585. The summed E-state index contributed by atoms with van der Waals surface area (Å²) >= 11 is 6.05. The Bertz CT molecular complexity index is 1070. The van der Waals surface area contributed by atoms with Gasteiger partial charge in [-0.1, -0.05) is 11.6 Å². The second-order valence-corrected chi connectivity index (χ2v) is 8.50. The molecule has 3 rings (SSSR count). The van der Waals surface area contributed by atoms with Gasteiger partial charge in [0.2, 0.25) is 5.91 Å². The highest BCUT2D eigenvalue weighted by molar-refractivity contribution is 6.31. The van der Waals surface area contributed by atoms with Gasteiger partial charge in [-0.25, -0.2) is 4.98 Å². The number of aromatic nitrogens is 3. The SMILES string of the molecule is CC(C)(C)NC(=O)CN(CCNc1ccnc2cc(Cl)ccc12)C(=O)c1cnccn1. The summed E-state index contributed by atoms with van der Waals surface area (Å²) in [6, 6.07) is 7.35. The smallest absolute Gasteiger partial charge is 0.274 e. The number of pyridine rings is 1. The number of carbonyl (C=O) groups is 2. The lowest BCUT2D eigenvalue weighted by Gasteiger charge is -2.26. The van der Waals surface area contributed by atoms with Crippen molar-refractivity contribution in [2.75, 3.05) is 25.0 Å². The molecular formula is C22H25ClN6O2. The van der Waals surface area contributed by atoms with Gasteiger partial charge in [0.1, 0.15) is 5.69 Å². The molecule has 0 atom stereocenters. The van der Waals surface area contributed by atoms with Gasteiger partial charge in [-0.2, -0.15) is 0 Å². The number of halogens is 1. The van der Waals surface area contributed by atoms with Crippen molar-refractivity contribution in [2.24, 2.45) is 0 Å². The van der Waals surface area contributed by atoms with E-state index in [9.17, 15) is 9.59 Å². The first kappa shape index (κ1) is 22.4. The molecule has 2 amide bonds. The van der Waals surface area contributed by atoms with Gasteiger partial charge in [-0.15, -0.1) is 0 Å². The summed E-state index contributed by atoms with van der Waals surface area (Å²) in [5.41, 5.74) is 1.44. The summed E-state index contributed by atoms with van der Waals surface area (Å²) < 4.78 is 0. The van der Waals surface area contributed by atoms with E-state index >= 15 is 0 Å². The minimum absolute atomic E-state index is 0.0823. The van der Waals surface area contributed by atoms with Crippen LogP contribution in [0.5, 0.6) is 0 Å². The Kier molecular flexibility index (Phi) is 7.02. The zero-order valence-electron chi connectivity index (χ0n) is 17.7. The minimum atomic E-state index is -0.395. The van der Waals surface area contributed by atoms with Gasteiger partial charge in [-0.3, -0.25) is 19.6 Å². The predicted molar refractivity (Wildman–Crippen MR) is 121 cm³/mol. The minimum Gasteiger partial charge on any atom is -0.383 e. The molecule has 0 aliphatic rings. The highest BCUT2D eigenvalue weighted by Crippen LogP contribution is 2.24. The van der Waals surface area contributed by atoms with E-state index in [1.54, 1.807) is 18.3 Å². The number of fused-ring (bicyclic) bond motifs is 1. The van der Waals surface area contributed by atoms with Crippen molar-refractivity contribution >= 4 is 40.0 Å². The fraction of sp³-hybridized carbons (Fsp3) is 0.318. The summed E-state index contributed by atoms with van der Waals surface area (Å²) in [6.45, 7) is 6.31. The lowest BCUT2D eigenvalue weighted by molar-refractivity contribution is -0.123. The predicted octanol–water partition coefficient (Wildman–Crippen LogP) is 3.15. The molecule has 31 heavy (non-hydrogen) atoms. The number of anilines is 1. The normalized spacial score (nSPS) is 11.2. The van der Waals surface area contributed by atoms with Crippen LogP contribution < -0.4 is 10.6 Å². The maximum atomic E-state index is 12.9. The molecule has 0 fully saturated rings. The van der Waals surface area contributed by atoms with Crippen LogP contribution >= 0.6 is 11.6 Å². The van der Waals surface area contributed by atoms with Crippen molar-refractivity contribution in [3.05, 3.63) is 59.8 Å². The van der Waals surface area contributed by atoms with Crippen LogP contribution in [-0.2, 0) is 4.79 Å². The molecule has 0 saturated heterocycles. The van der Waals surface area contributed by atoms with Crippen LogP contribution in [0.15, 0.2) is 49.1 Å². The summed E-state index contributed by atoms with van der Waals surface area (Å²) in [4.78, 5) is 39.2. The van der Waals surface area contributed by atoms with E-state index in [1.807, 2.05) is 32.9 Å². The summed E-state index contributed by atoms with van der Waals surface area (Å²) in [6.07, 6.45) is 6.04.